The van der Waals surface area contributed by atoms with Gasteiger partial charge in [0.25, 0.3) is 10.1 Å². The molecule has 2 saturated heterocycles. The average molecular weight is 819 g/mol. The fourth-order valence-corrected chi connectivity index (χ4v) is 9.57. The number of piperidine rings is 1. The zero-order chi connectivity index (χ0) is 42.0. The van der Waals surface area contributed by atoms with E-state index in [-0.39, 0.29) is 47.7 Å². The maximum Gasteiger partial charge on any atom is 0.308 e. The van der Waals surface area contributed by atoms with E-state index in [9.17, 15) is 28.2 Å². The lowest BCUT2D eigenvalue weighted by Gasteiger charge is -2.47. The summed E-state index contributed by atoms with van der Waals surface area (Å²) in [5, 5.41) is 23.5. The van der Waals surface area contributed by atoms with Crippen LogP contribution in [0.4, 0.5) is 0 Å². The van der Waals surface area contributed by atoms with Gasteiger partial charge in [0.1, 0.15) is 12.2 Å². The number of hydrogen-bond donors (Lipinski definition) is 2. The number of likely N-dealkylation sites (N-methyl/N-ethyl adjacent to an activating group) is 1. The van der Waals surface area contributed by atoms with Crippen LogP contribution in [0.25, 0.3) is 0 Å². The molecule has 4 rings (SSSR count). The summed E-state index contributed by atoms with van der Waals surface area (Å²) < 4.78 is 51.1. The molecule has 0 aliphatic carbocycles. The van der Waals surface area contributed by atoms with Crippen LogP contribution in [-0.2, 0) is 38.1 Å². The van der Waals surface area contributed by atoms with Crippen molar-refractivity contribution in [2.75, 3.05) is 40.3 Å². The summed E-state index contributed by atoms with van der Waals surface area (Å²) >= 11 is 0. The number of cyclic esters (lactones) is 1. The van der Waals surface area contributed by atoms with Crippen LogP contribution in [0.1, 0.15) is 92.1 Å². The number of carbonyl (C=O) groups excluding carboxylic acids is 2. The fraction of sp³-hybridized carbons (Fsp3) is 0.727. The van der Waals surface area contributed by atoms with Crippen molar-refractivity contribution in [2.45, 2.75) is 141 Å². The number of esters is 1. The molecule has 1 aromatic carbocycles. The van der Waals surface area contributed by atoms with Gasteiger partial charge in [-0.25, -0.2) is 0 Å². The van der Waals surface area contributed by atoms with Crippen LogP contribution in [0.5, 0.6) is 0 Å². The van der Waals surface area contributed by atoms with Gasteiger partial charge in [-0.05, 0) is 111 Å². The molecule has 12 atom stereocenters. The molecule has 3 heterocycles. The van der Waals surface area contributed by atoms with Gasteiger partial charge in [-0.15, -0.1) is 0 Å². The van der Waals surface area contributed by atoms with E-state index in [1.807, 2.05) is 67.5 Å². The third-order valence-corrected chi connectivity index (χ3v) is 13.7. The molecule has 12 unspecified atom stereocenters. The SMILES string of the molecule is CCC1OC(=O)CC(O)C(C)C(OC2OC(C)C(C)C(N(C)C)C2O)C(CCN2CCCCC2)CC(C)C(=O)/C=C/C(C)=C/C1COS(=O)(=O)c1ccc(C)cc1. The number of aryl methyl sites for hydroxylation is 1. The number of carbonyl (C=O) groups is 2. The van der Waals surface area contributed by atoms with Crippen molar-refractivity contribution in [3.8, 4) is 0 Å². The van der Waals surface area contributed by atoms with Crippen LogP contribution in [0.2, 0.25) is 0 Å². The van der Waals surface area contributed by atoms with Crippen LogP contribution in [0.3, 0.4) is 0 Å². The second kappa shape index (κ2) is 21.7. The summed E-state index contributed by atoms with van der Waals surface area (Å²) in [5.74, 6) is -2.66. The molecule has 13 heteroatoms. The number of rotatable bonds is 11. The van der Waals surface area contributed by atoms with Crippen LogP contribution in [0.15, 0.2) is 53.0 Å². The number of aliphatic hydroxyl groups is 2. The average Bonchev–Trinajstić information content (AvgIpc) is 3.17. The van der Waals surface area contributed by atoms with Gasteiger partial charge in [-0.2, -0.15) is 8.42 Å². The summed E-state index contributed by atoms with van der Waals surface area (Å²) in [6, 6.07) is 6.10. The Hall–Kier alpha value is -2.49. The lowest BCUT2D eigenvalue weighted by molar-refractivity contribution is -0.295. The lowest BCUT2D eigenvalue weighted by atomic mass is 9.79. The number of likely N-dealkylation sites (tertiary alicyclic amines) is 1. The number of hydrogen-bond acceptors (Lipinski definition) is 12. The maximum absolute atomic E-state index is 13.8. The summed E-state index contributed by atoms with van der Waals surface area (Å²) in [6.07, 6.45) is 4.72. The Morgan fingerprint density at radius 3 is 2.25 bits per heavy atom. The maximum atomic E-state index is 13.8. The molecular formula is C44H70N2O10S. The van der Waals surface area contributed by atoms with E-state index in [0.29, 0.717) is 24.8 Å². The number of ketones is 1. The third kappa shape index (κ3) is 13.3. The van der Waals surface area contributed by atoms with Crippen molar-refractivity contribution < 1.29 is 46.6 Å². The quantitative estimate of drug-likeness (QED) is 0.209. The van der Waals surface area contributed by atoms with Crippen LogP contribution < -0.4 is 0 Å². The number of nitrogens with zero attached hydrogens (tertiary/aromatic N) is 2. The Kier molecular flexibility index (Phi) is 17.9. The molecule has 0 radical (unpaired) electrons. The predicted octanol–water partition coefficient (Wildman–Crippen LogP) is 5.69. The standard InChI is InChI=1S/C44H70N2O10S/c1-10-39-35(27-53-57(51,52)36-17-14-28(2)15-18-36)24-29(3)16-19-37(47)30(4)25-34(20-23-46-21-12-11-13-22-46)43(32(6)38(48)26-40(49)55-39)56-44-42(50)41(45(8)9)31(5)33(7)54-44/h14-19,24,30-35,38-39,41-44,48,50H,10-13,20-23,25-27H2,1-9H3/b19-16+,29-24+. The monoisotopic (exact) mass is 818 g/mol. The third-order valence-electron chi connectivity index (χ3n) is 12.4. The van der Waals surface area contributed by atoms with Gasteiger partial charge in [-0.1, -0.05) is 69.5 Å². The van der Waals surface area contributed by atoms with E-state index in [4.69, 9.17) is 18.4 Å². The Morgan fingerprint density at radius 2 is 1.61 bits per heavy atom. The van der Waals surface area contributed by atoms with Crippen molar-refractivity contribution in [2.24, 2.45) is 29.6 Å². The molecule has 0 aromatic heterocycles. The fourth-order valence-electron chi connectivity index (χ4n) is 8.63. The molecule has 1 aromatic rings. The molecule has 57 heavy (non-hydrogen) atoms. The molecular weight excluding hydrogens is 749 g/mol. The second-order valence-electron chi connectivity index (χ2n) is 17.1. The summed E-state index contributed by atoms with van der Waals surface area (Å²) in [7, 11) is -0.280. The minimum atomic E-state index is -4.13. The van der Waals surface area contributed by atoms with Gasteiger partial charge in [-0.3, -0.25) is 13.8 Å². The highest BCUT2D eigenvalue weighted by Gasteiger charge is 2.46. The molecule has 2 fully saturated rings. The van der Waals surface area contributed by atoms with Gasteiger partial charge in [0.05, 0.1) is 36.2 Å². The zero-order valence-electron chi connectivity index (χ0n) is 35.7. The van der Waals surface area contributed by atoms with Crippen LogP contribution in [0, 0.1) is 36.5 Å². The molecule has 3 aliphatic heterocycles. The molecule has 0 spiro atoms. The highest BCUT2D eigenvalue weighted by atomic mass is 32.2. The molecule has 3 aliphatic rings. The van der Waals surface area contributed by atoms with Gasteiger partial charge in [0.15, 0.2) is 12.1 Å². The number of aliphatic hydroxyl groups excluding tert-OH is 2. The van der Waals surface area contributed by atoms with Crippen molar-refractivity contribution in [3.63, 3.8) is 0 Å². The Labute approximate surface area is 342 Å². The Balaban J connectivity index is 1.68. The van der Waals surface area contributed by atoms with Crippen molar-refractivity contribution in [3.05, 3.63) is 53.6 Å². The number of allylic oxidation sites excluding steroid dienone is 3. The number of ether oxygens (including phenoxy) is 3. The van der Waals surface area contributed by atoms with Crippen molar-refractivity contribution in [1.29, 1.82) is 0 Å². The van der Waals surface area contributed by atoms with Gasteiger partial charge in [0, 0.05) is 29.7 Å². The molecule has 322 valence electrons. The molecule has 0 saturated carbocycles. The lowest BCUT2D eigenvalue weighted by Crippen LogP contribution is -2.60. The number of benzene rings is 1. The largest absolute Gasteiger partial charge is 0.462 e. The van der Waals surface area contributed by atoms with Gasteiger partial charge >= 0.3 is 5.97 Å². The van der Waals surface area contributed by atoms with E-state index in [0.717, 1.165) is 38.0 Å². The van der Waals surface area contributed by atoms with Gasteiger partial charge in [0.2, 0.25) is 0 Å². The van der Waals surface area contributed by atoms with Gasteiger partial charge < -0.3 is 34.2 Å². The Morgan fingerprint density at radius 1 is 0.947 bits per heavy atom. The topological polar surface area (TPSA) is 152 Å². The highest BCUT2D eigenvalue weighted by molar-refractivity contribution is 7.86. The summed E-state index contributed by atoms with van der Waals surface area (Å²) in [4.78, 5) is 32.0. The minimum Gasteiger partial charge on any atom is -0.462 e. The first kappa shape index (κ1) is 47.2. The zero-order valence-corrected chi connectivity index (χ0v) is 36.5. The van der Waals surface area contributed by atoms with Crippen molar-refractivity contribution >= 4 is 21.9 Å². The molecule has 0 amide bonds. The minimum absolute atomic E-state index is 0.0157. The summed E-state index contributed by atoms with van der Waals surface area (Å²) in [5.41, 5.74) is 1.58. The second-order valence-corrected chi connectivity index (χ2v) is 18.7. The normalized spacial score (nSPS) is 36.0. The van der Waals surface area contributed by atoms with Crippen molar-refractivity contribution in [1.82, 2.24) is 9.80 Å². The van der Waals surface area contributed by atoms with E-state index in [1.54, 1.807) is 30.4 Å². The van der Waals surface area contributed by atoms with E-state index in [2.05, 4.69) is 4.90 Å². The van der Waals surface area contributed by atoms with E-state index >= 15 is 0 Å². The summed E-state index contributed by atoms with van der Waals surface area (Å²) in [6.45, 7) is 15.7. The first-order valence-electron chi connectivity index (χ1n) is 21.0. The first-order valence-corrected chi connectivity index (χ1v) is 22.4. The molecule has 12 nitrogen and oxygen atoms in total. The van der Waals surface area contributed by atoms with E-state index in [1.165, 1.54) is 18.6 Å². The van der Waals surface area contributed by atoms with Crippen LogP contribution in [-0.4, -0.2) is 123 Å². The highest BCUT2D eigenvalue weighted by Crippen LogP contribution is 2.36. The Bertz CT molecular complexity index is 1610. The predicted molar refractivity (Wildman–Crippen MR) is 220 cm³/mol. The van der Waals surface area contributed by atoms with E-state index < -0.39 is 64.5 Å². The smallest absolute Gasteiger partial charge is 0.308 e. The first-order chi connectivity index (χ1) is 26.9. The molecule has 2 N–H and O–H groups in total. The van der Waals surface area contributed by atoms with Crippen LogP contribution >= 0.6 is 0 Å². The molecule has 0 bridgehead atoms.